The molecule has 1 aromatic carbocycles. The van der Waals surface area contributed by atoms with Crippen LogP contribution < -0.4 is 14.4 Å². The van der Waals surface area contributed by atoms with Crippen molar-refractivity contribution in [3.05, 3.63) is 35.8 Å². The van der Waals surface area contributed by atoms with Crippen LogP contribution in [0.3, 0.4) is 0 Å². The Morgan fingerprint density at radius 1 is 1.11 bits per heavy atom. The molecule has 2 aromatic heterocycles. The highest BCUT2D eigenvalue weighted by Crippen LogP contribution is 2.35. The lowest BCUT2D eigenvalue weighted by atomic mass is 10.0. The van der Waals surface area contributed by atoms with Gasteiger partial charge in [-0.2, -0.15) is 0 Å². The van der Waals surface area contributed by atoms with E-state index >= 15 is 4.39 Å². The number of esters is 1. The molecule has 3 aromatic rings. The summed E-state index contributed by atoms with van der Waals surface area (Å²) >= 11 is 0. The van der Waals surface area contributed by atoms with Crippen LogP contribution in [0.25, 0.3) is 22.2 Å². The van der Waals surface area contributed by atoms with Crippen molar-refractivity contribution in [1.82, 2.24) is 19.9 Å². The first kappa shape index (κ1) is 34.7. The van der Waals surface area contributed by atoms with Crippen molar-refractivity contribution in [3.63, 3.8) is 0 Å². The van der Waals surface area contributed by atoms with Gasteiger partial charge in [-0.3, -0.25) is 14.4 Å². The van der Waals surface area contributed by atoms with Gasteiger partial charge in [0.25, 0.3) is 0 Å². The van der Waals surface area contributed by atoms with E-state index in [4.69, 9.17) is 28.9 Å². The number of ether oxygens (including phenoxy) is 4. The normalized spacial score (nSPS) is 16.8. The molecule has 0 saturated carbocycles. The number of morpholine rings is 1. The molecule has 0 unspecified atom stereocenters. The fraction of sp³-hybridized carbons (Fsp3) is 0.562. The smallest absolute Gasteiger partial charge is 0.308 e. The Morgan fingerprint density at radius 3 is 2.49 bits per heavy atom. The van der Waals surface area contributed by atoms with Gasteiger partial charge in [0, 0.05) is 49.9 Å². The van der Waals surface area contributed by atoms with Crippen molar-refractivity contribution >= 4 is 38.5 Å². The molecule has 2 aliphatic rings. The fourth-order valence-electron chi connectivity index (χ4n) is 5.69. The van der Waals surface area contributed by atoms with Crippen molar-refractivity contribution in [1.29, 1.82) is 0 Å². The number of hydrogen-bond donors (Lipinski definition) is 1. The highest BCUT2D eigenvalue weighted by atomic mass is 32.2. The fourth-order valence-corrected chi connectivity index (χ4v) is 6.24. The molecule has 1 N–H and O–H groups in total. The van der Waals surface area contributed by atoms with E-state index in [0.717, 1.165) is 32.2 Å². The zero-order valence-corrected chi connectivity index (χ0v) is 28.4. The Bertz CT molecular complexity index is 1690. The molecule has 4 heterocycles. The van der Waals surface area contributed by atoms with E-state index in [9.17, 15) is 13.2 Å². The molecule has 0 amide bonds. The number of aromatic nitrogens is 3. The summed E-state index contributed by atoms with van der Waals surface area (Å²) in [5, 5.41) is 0.481. The van der Waals surface area contributed by atoms with E-state index in [2.05, 4.69) is 14.6 Å². The van der Waals surface area contributed by atoms with Crippen LogP contribution in [-0.4, -0.2) is 105 Å². The highest BCUT2D eigenvalue weighted by molar-refractivity contribution is 7.92. The van der Waals surface area contributed by atoms with Crippen molar-refractivity contribution in [3.8, 4) is 17.1 Å². The summed E-state index contributed by atoms with van der Waals surface area (Å²) in [6, 6.07) is 4.49. The van der Waals surface area contributed by atoms with E-state index in [1.54, 1.807) is 6.07 Å². The van der Waals surface area contributed by atoms with Crippen LogP contribution in [0.15, 0.2) is 24.4 Å². The molecule has 2 fully saturated rings. The maximum Gasteiger partial charge on any atom is 0.308 e. The largest absolute Gasteiger partial charge is 0.480 e. The summed E-state index contributed by atoms with van der Waals surface area (Å²) in [6.07, 6.45) is 4.34. The summed E-state index contributed by atoms with van der Waals surface area (Å²) in [6.45, 7) is 9.96. The van der Waals surface area contributed by atoms with Crippen LogP contribution in [0.2, 0.25) is 0 Å². The summed E-state index contributed by atoms with van der Waals surface area (Å²) in [5.41, 5.74) is 1.81. The number of methoxy groups -OCH3 is 1. The molecular weight excluding hydrogens is 631 g/mol. The van der Waals surface area contributed by atoms with Crippen LogP contribution in [0.1, 0.15) is 45.6 Å². The molecule has 0 bridgehead atoms. The van der Waals surface area contributed by atoms with Crippen LogP contribution in [0, 0.1) is 5.82 Å². The van der Waals surface area contributed by atoms with Gasteiger partial charge in [-0.15, -0.1) is 0 Å². The minimum absolute atomic E-state index is 0.0251. The molecule has 256 valence electrons. The second-order valence-corrected chi connectivity index (χ2v) is 14.5. The van der Waals surface area contributed by atoms with Crippen molar-refractivity contribution in [2.45, 2.75) is 58.3 Å². The number of nitrogens with zero attached hydrogens (tertiary/aromatic N) is 5. The third-order valence-corrected chi connectivity index (χ3v) is 8.34. The molecule has 0 spiro atoms. The molecule has 47 heavy (non-hydrogen) atoms. The zero-order chi connectivity index (χ0) is 33.8. The quantitative estimate of drug-likeness (QED) is 0.296. The number of fused-ring (bicyclic) bond motifs is 1. The van der Waals surface area contributed by atoms with Gasteiger partial charge >= 0.3 is 5.97 Å². The van der Waals surface area contributed by atoms with Gasteiger partial charge < -0.3 is 23.8 Å². The molecule has 5 rings (SSSR count). The Kier molecular flexibility index (Phi) is 10.8. The maximum absolute atomic E-state index is 15.3. The predicted octanol–water partition coefficient (Wildman–Crippen LogP) is 3.76. The monoisotopic (exact) mass is 674 g/mol. The summed E-state index contributed by atoms with van der Waals surface area (Å²) in [5.74, 6) is -0.156. The van der Waals surface area contributed by atoms with E-state index in [1.807, 2.05) is 25.7 Å². The summed E-state index contributed by atoms with van der Waals surface area (Å²) in [7, 11) is -2.25. The lowest BCUT2D eigenvalue weighted by Crippen LogP contribution is -2.37. The zero-order valence-electron chi connectivity index (χ0n) is 27.5. The molecule has 0 radical (unpaired) electrons. The predicted molar refractivity (Wildman–Crippen MR) is 175 cm³/mol. The average Bonchev–Trinajstić information content (AvgIpc) is 3.00. The third kappa shape index (κ3) is 9.46. The number of hydrogen-bond acceptors (Lipinski definition) is 12. The molecule has 15 heteroatoms. The van der Waals surface area contributed by atoms with Gasteiger partial charge in [-0.1, -0.05) is 0 Å². The van der Waals surface area contributed by atoms with Gasteiger partial charge in [-0.05, 0) is 57.4 Å². The number of anilines is 2. The Morgan fingerprint density at radius 2 is 1.83 bits per heavy atom. The van der Waals surface area contributed by atoms with Crippen LogP contribution in [0.5, 0.6) is 5.88 Å². The average molecular weight is 675 g/mol. The van der Waals surface area contributed by atoms with Crippen LogP contribution in [0.4, 0.5) is 16.0 Å². The second-order valence-electron chi connectivity index (χ2n) is 12.8. The molecule has 0 aliphatic carbocycles. The molecular formula is C32H43FN6O7S. The number of nitrogens with one attached hydrogen (secondary N) is 1. The maximum atomic E-state index is 15.3. The van der Waals surface area contributed by atoms with Gasteiger partial charge in [0.2, 0.25) is 21.9 Å². The highest BCUT2D eigenvalue weighted by Gasteiger charge is 2.25. The summed E-state index contributed by atoms with van der Waals surface area (Å²) < 4.78 is 64.1. The van der Waals surface area contributed by atoms with Crippen LogP contribution >= 0.6 is 0 Å². The van der Waals surface area contributed by atoms with Gasteiger partial charge in [-0.25, -0.2) is 27.8 Å². The van der Waals surface area contributed by atoms with E-state index in [1.165, 1.54) is 25.4 Å². The first-order chi connectivity index (χ1) is 22.3. The van der Waals surface area contributed by atoms with E-state index in [-0.39, 0.29) is 30.1 Å². The topological polar surface area (TPSA) is 145 Å². The third-order valence-electron chi connectivity index (χ3n) is 7.75. The van der Waals surface area contributed by atoms with E-state index in [0.29, 0.717) is 73.1 Å². The van der Waals surface area contributed by atoms with E-state index < -0.39 is 21.4 Å². The summed E-state index contributed by atoms with van der Waals surface area (Å²) in [4.78, 5) is 30.4. The lowest BCUT2D eigenvalue weighted by molar-refractivity contribution is -0.156. The number of pyridine rings is 1. The number of rotatable bonds is 11. The Balaban J connectivity index is 1.41. The molecule has 2 saturated heterocycles. The number of likely N-dealkylation sites (tertiary alicyclic amines) is 1. The van der Waals surface area contributed by atoms with Crippen LogP contribution in [-0.2, 0) is 35.6 Å². The minimum atomic E-state index is -3.65. The molecule has 2 aliphatic heterocycles. The van der Waals surface area contributed by atoms with Gasteiger partial charge in [0.15, 0.2) is 0 Å². The van der Waals surface area contributed by atoms with Crippen molar-refractivity contribution in [2.75, 3.05) is 69.0 Å². The number of halogens is 1. The first-order valence-electron chi connectivity index (χ1n) is 15.7. The standard InChI is InChI=1S/C32H43FN6O7S/c1-32(2,3)46-27(40)8-13-45-24-6-9-38(10-7-24)20-22-16-23(33)18-25-28(35-31(36-29(22)25)39-11-14-44-15-12-39)21-17-26(37-47(5,41)42)30(43-4)34-19-21/h16-19,24,37H,6-15,20H2,1-5H3. The number of sulfonamides is 1. The molecule has 13 nitrogen and oxygen atoms in total. The Labute approximate surface area is 274 Å². The molecule has 0 atom stereocenters. The second kappa shape index (κ2) is 14.6. The number of benzene rings is 1. The Hall–Kier alpha value is -3.66. The lowest BCUT2D eigenvalue weighted by Gasteiger charge is -2.32. The number of carbonyl (C=O) groups excluding carboxylic acids is 1. The number of carbonyl (C=O) groups is 1. The van der Waals surface area contributed by atoms with Gasteiger partial charge in [0.1, 0.15) is 17.1 Å². The van der Waals surface area contributed by atoms with Crippen molar-refractivity contribution in [2.24, 2.45) is 0 Å². The first-order valence-corrected chi connectivity index (χ1v) is 17.6. The minimum Gasteiger partial charge on any atom is -0.480 e. The number of piperidine rings is 1. The van der Waals surface area contributed by atoms with Crippen molar-refractivity contribution < 1.29 is 36.6 Å². The van der Waals surface area contributed by atoms with Gasteiger partial charge in [0.05, 0.1) is 56.9 Å². The SMILES string of the molecule is COc1ncc(-c2nc(N3CCOCC3)nc3c(CN4CCC(OCCC(=O)OC(C)(C)C)CC4)cc(F)cc23)cc1NS(C)(=O)=O.